The van der Waals surface area contributed by atoms with Gasteiger partial charge in [-0.2, -0.15) is 0 Å². The van der Waals surface area contributed by atoms with Crippen molar-refractivity contribution in [1.82, 2.24) is 5.32 Å². The Bertz CT molecular complexity index is 2400. The number of methoxy groups -OCH3 is 1. The average Bonchev–Trinajstić information content (AvgIpc) is 3.75. The van der Waals surface area contributed by atoms with E-state index in [0.717, 1.165) is 5.57 Å². The van der Waals surface area contributed by atoms with E-state index in [0.29, 0.717) is 31.1 Å². The largest absolute Gasteiger partial charge is 0.600 e. The highest BCUT2D eigenvalue weighted by Gasteiger charge is 2.65. The Morgan fingerprint density at radius 2 is 1.58 bits per heavy atom. The molecule has 4 aliphatic heterocycles. The molecular formula is C55H78N2O19. The summed E-state index contributed by atoms with van der Waals surface area (Å²) in [5.74, 6) is -6.11. The first-order valence-corrected chi connectivity index (χ1v) is 26.7. The van der Waals surface area contributed by atoms with Crippen LogP contribution in [-0.4, -0.2) is 149 Å². The molecule has 4 saturated heterocycles. The normalized spacial score (nSPS) is 47.5. The first-order valence-electron chi connectivity index (χ1n) is 26.7. The van der Waals surface area contributed by atoms with Gasteiger partial charge in [0.1, 0.15) is 29.8 Å². The number of rotatable bonds is 10. The van der Waals surface area contributed by atoms with Crippen LogP contribution in [0.5, 0.6) is 0 Å². The first kappa shape index (κ1) is 57.8. The van der Waals surface area contributed by atoms with E-state index in [9.17, 15) is 44.9 Å². The van der Waals surface area contributed by atoms with Crippen LogP contribution in [-0.2, 0) is 61.8 Å². The molecule has 0 radical (unpaired) electrons. The molecule has 21 nitrogen and oxygen atoms in total. The molecule has 0 aromatic heterocycles. The van der Waals surface area contributed by atoms with Crippen LogP contribution < -0.4 is 10.5 Å². The summed E-state index contributed by atoms with van der Waals surface area (Å²) in [6.07, 6.45) is -0.117. The monoisotopic (exact) mass is 1070 g/mol. The zero-order valence-electron chi connectivity index (χ0n) is 45.3. The fourth-order valence-electron chi connectivity index (χ4n) is 14.1. The quantitative estimate of drug-likeness (QED) is 0.0449. The molecule has 4 heterocycles. The van der Waals surface area contributed by atoms with Crippen molar-refractivity contribution in [2.45, 2.75) is 205 Å². The van der Waals surface area contributed by atoms with Crippen molar-refractivity contribution in [3.63, 3.8) is 0 Å². The minimum atomic E-state index is -2.16. The SMILES string of the molecule is COC(=O)N[C@@H]1[C@@H](C)O[C@@H](O[C@@H]2C/C=C(/C)[C@@H]3C=C[C@@H]4[C@@H](O[C@H]5C[C@H](O[C@@H]6CC[C@H](O)[C@@H](C)O6)[C@H](OC(C)=O)[C@@H](C)O5)[C@H](C)C[C@H](C)[C@@H]4[C@@]3(C)/C(O)=C3/C(=O)O[C@]4(CC(C=O)=C[C@H](O)[C@@H]4/C=C\2C)C3=O)C[C@]1(C)[NH+]([O-])O. The number of aldehydes is 1. The summed E-state index contributed by atoms with van der Waals surface area (Å²) in [6, 6.07) is -1.01. The lowest BCUT2D eigenvalue weighted by molar-refractivity contribution is -1.09. The van der Waals surface area contributed by atoms with Crippen molar-refractivity contribution in [2.75, 3.05) is 7.11 Å². The van der Waals surface area contributed by atoms with Gasteiger partial charge in [-0.1, -0.05) is 50.6 Å². The van der Waals surface area contributed by atoms with E-state index in [-0.39, 0.29) is 36.7 Å². The standard InChI is InChI=1S/C55H78N2O19/c1-25-12-16-39(73-43-23-53(9,57(66)67)48(31(7)71-43)56-52(65)68-11)26(2)19-36-38(61)20-33(24-58)22-55(36)50(63)44(51(64)76-55)49(62)54(10)35(25)14-13-34-45(54)27(3)18-28(4)46(34)75-42-21-40(47(30(6)70-42)72-32(8)59)74-41-17-15-37(60)29(5)69-41/h12-14,19-20,24,27-31,34-43,45-48,57,60-62,66H,15-18,21-23H2,1-11H3,(H,56,65)/b25-12-,26-19-,49-44-/t27-,28+,29+,30+,31+,34-,35-,36-,37-,38-,39+,40-,41+,42-,43-,45-,46-,47+,48+,53-,54-,55-/m0/s1. The molecule has 1 unspecified atom stereocenters. The number of aliphatic hydroxyl groups excluding tert-OH is 3. The number of esters is 2. The number of nitrogens with one attached hydrogen (secondary N) is 2. The maximum Gasteiger partial charge on any atom is 0.407 e. The molecule has 1 saturated carbocycles. The lowest BCUT2D eigenvalue weighted by Gasteiger charge is -2.56. The highest BCUT2D eigenvalue weighted by atomic mass is 16.8. The van der Waals surface area contributed by atoms with Crippen LogP contribution >= 0.6 is 0 Å². The van der Waals surface area contributed by atoms with E-state index in [1.54, 1.807) is 33.8 Å². The van der Waals surface area contributed by atoms with Crippen molar-refractivity contribution in [3.05, 3.63) is 63.6 Å². The second kappa shape index (κ2) is 22.4. The summed E-state index contributed by atoms with van der Waals surface area (Å²) >= 11 is 0. The molecule has 0 aromatic rings. The summed E-state index contributed by atoms with van der Waals surface area (Å²) in [5, 5.41) is 60.3. The van der Waals surface area contributed by atoms with Gasteiger partial charge in [0.25, 0.3) is 0 Å². The summed E-state index contributed by atoms with van der Waals surface area (Å²) in [7, 11) is 1.17. The van der Waals surface area contributed by atoms with Gasteiger partial charge in [0.05, 0.1) is 62.2 Å². The number of Topliss-reactive ketones (excluding diaryl/α,β-unsaturated/α-hetero) is 1. The first-order chi connectivity index (χ1) is 35.8. The smallest absolute Gasteiger partial charge is 0.407 e. The molecule has 76 heavy (non-hydrogen) atoms. The van der Waals surface area contributed by atoms with E-state index in [1.807, 2.05) is 26.0 Å². The van der Waals surface area contributed by atoms with Gasteiger partial charge in [0.15, 0.2) is 36.1 Å². The molecule has 21 heteroatoms. The fraction of sp³-hybridized carbons (Fsp3) is 0.727. The Labute approximate surface area is 443 Å². The minimum absolute atomic E-state index is 0.0179. The molecule has 8 aliphatic rings. The molecule has 8 rings (SSSR count). The van der Waals surface area contributed by atoms with Crippen LogP contribution in [0.3, 0.4) is 0 Å². The molecule has 422 valence electrons. The Kier molecular flexibility index (Phi) is 17.0. The number of fused-ring (bicyclic) bond motifs is 4. The van der Waals surface area contributed by atoms with Crippen molar-refractivity contribution in [2.24, 2.45) is 40.9 Å². The third-order valence-corrected chi connectivity index (χ3v) is 18.0. The number of carbonyl (C=O) groups is 5. The number of hydrogen-bond acceptors (Lipinski definition) is 19. The van der Waals surface area contributed by atoms with Crippen molar-refractivity contribution in [3.8, 4) is 0 Å². The molecule has 4 aliphatic carbocycles. The van der Waals surface area contributed by atoms with Gasteiger partial charge in [-0.15, -0.1) is 0 Å². The van der Waals surface area contributed by atoms with Gasteiger partial charge < -0.3 is 68.5 Å². The van der Waals surface area contributed by atoms with E-state index >= 15 is 4.79 Å². The minimum Gasteiger partial charge on any atom is -0.600 e. The van der Waals surface area contributed by atoms with Gasteiger partial charge >= 0.3 is 18.0 Å². The maximum absolute atomic E-state index is 15.4. The summed E-state index contributed by atoms with van der Waals surface area (Å²) in [6.45, 7) is 17.6. The summed E-state index contributed by atoms with van der Waals surface area (Å²) in [5.41, 5.74) is -4.51. The predicted molar refractivity (Wildman–Crippen MR) is 266 cm³/mol. The lowest BCUT2D eigenvalue weighted by Crippen LogP contribution is -3.17. The van der Waals surface area contributed by atoms with Crippen molar-refractivity contribution in [1.29, 1.82) is 0 Å². The predicted octanol–water partition coefficient (Wildman–Crippen LogP) is 4.06. The zero-order valence-corrected chi connectivity index (χ0v) is 45.3. The van der Waals surface area contributed by atoms with E-state index in [2.05, 4.69) is 25.2 Å². The van der Waals surface area contributed by atoms with Gasteiger partial charge in [-0.3, -0.25) is 14.4 Å². The van der Waals surface area contributed by atoms with Crippen LogP contribution in [0.2, 0.25) is 0 Å². The number of alkyl carbamates (subject to hydrolysis) is 1. The zero-order chi connectivity index (χ0) is 55.5. The Morgan fingerprint density at radius 1 is 0.882 bits per heavy atom. The highest BCUT2D eigenvalue weighted by Crippen LogP contribution is 2.61. The van der Waals surface area contributed by atoms with Gasteiger partial charge in [0.2, 0.25) is 5.78 Å². The van der Waals surface area contributed by atoms with Crippen LogP contribution in [0.25, 0.3) is 0 Å². The third kappa shape index (κ3) is 10.6. The molecule has 6 N–H and O–H groups in total. The molecular weight excluding hydrogens is 993 g/mol. The summed E-state index contributed by atoms with van der Waals surface area (Å²) in [4.78, 5) is 67.2. The molecule has 0 aromatic carbocycles. The number of quaternary nitrogens is 1. The Hall–Kier alpha value is -4.39. The molecule has 1 amide bonds. The van der Waals surface area contributed by atoms with E-state index < -0.39 is 167 Å². The number of hydrogen-bond donors (Lipinski definition) is 6. The molecule has 1 spiro atoms. The average molecular weight is 1070 g/mol. The number of aliphatic hydroxyl groups is 3. The Balaban J connectivity index is 1.19. The molecule has 23 atom stereocenters. The van der Waals surface area contributed by atoms with Crippen LogP contribution in [0.1, 0.15) is 114 Å². The fourth-order valence-corrected chi connectivity index (χ4v) is 14.1. The number of amides is 1. The topological polar surface area (TPSA) is 289 Å². The van der Waals surface area contributed by atoms with Gasteiger partial charge in [0, 0.05) is 43.4 Å². The second-order valence-electron chi connectivity index (χ2n) is 23.1. The number of allylic oxidation sites excluding steroid dienone is 3. The number of hydroxylamine groups is 2. The van der Waals surface area contributed by atoms with Gasteiger partial charge in [-0.05, 0) is 95.8 Å². The van der Waals surface area contributed by atoms with Crippen LogP contribution in [0, 0.1) is 46.1 Å². The van der Waals surface area contributed by atoms with Gasteiger partial charge in [-0.25, -0.2) is 20.0 Å². The van der Waals surface area contributed by atoms with Crippen LogP contribution in [0.15, 0.2) is 58.4 Å². The lowest BCUT2D eigenvalue weighted by atomic mass is 9.49. The molecule has 5 fully saturated rings. The van der Waals surface area contributed by atoms with E-state index in [4.69, 9.17) is 42.6 Å². The van der Waals surface area contributed by atoms with E-state index in [1.165, 1.54) is 27.0 Å². The van der Waals surface area contributed by atoms with Crippen molar-refractivity contribution < 1.29 is 92.4 Å². The Morgan fingerprint density at radius 3 is 2.24 bits per heavy atom. The van der Waals surface area contributed by atoms with Crippen molar-refractivity contribution >= 4 is 30.1 Å². The second-order valence-corrected chi connectivity index (χ2v) is 23.1. The number of ketones is 1. The number of ether oxygens (including phenoxy) is 9. The van der Waals surface area contributed by atoms with Crippen LogP contribution in [0.4, 0.5) is 4.79 Å². The molecule has 2 bridgehead atoms. The number of carbonyl (C=O) groups excluding carboxylic acids is 5. The highest BCUT2D eigenvalue weighted by molar-refractivity contribution is 6.26. The third-order valence-electron chi connectivity index (χ3n) is 18.0. The summed E-state index contributed by atoms with van der Waals surface area (Å²) < 4.78 is 55.7. The maximum atomic E-state index is 15.4.